The zero-order valence-corrected chi connectivity index (χ0v) is 19.8. The highest BCUT2D eigenvalue weighted by molar-refractivity contribution is 7.87. The Kier molecular flexibility index (Phi) is 14.3. The molecule has 1 heterocycles. The summed E-state index contributed by atoms with van der Waals surface area (Å²) >= 11 is 0. The van der Waals surface area contributed by atoms with Crippen molar-refractivity contribution in [3.63, 3.8) is 0 Å². The summed E-state index contributed by atoms with van der Waals surface area (Å²) in [7, 11) is -0.759. The largest absolute Gasteiger partial charge is 1.00 e. The molecule has 0 aliphatic rings. The molecule has 0 aliphatic heterocycles. The average Bonchev–Trinajstić information content (AvgIpc) is 3.08. The van der Waals surface area contributed by atoms with Crippen molar-refractivity contribution in [3.05, 3.63) is 18.2 Å². The van der Waals surface area contributed by atoms with Crippen molar-refractivity contribution in [2.45, 2.75) is 90.2 Å². The summed E-state index contributed by atoms with van der Waals surface area (Å²) in [6, 6.07) is 0. The number of halogens is 1. The first kappa shape index (κ1) is 27.9. The van der Waals surface area contributed by atoms with Crippen LogP contribution in [-0.2, 0) is 16.8 Å². The summed E-state index contributed by atoms with van der Waals surface area (Å²) < 4.78 is 29.1. The van der Waals surface area contributed by atoms with E-state index in [9.17, 15) is 13.5 Å². The van der Waals surface area contributed by atoms with Gasteiger partial charge in [-0.3, -0.25) is 0 Å². The molecule has 0 spiro atoms. The molecule has 0 saturated heterocycles. The SMILES string of the molecule is C#CCC(O)c1n(S(=O)(=O)N(C)C)cc[n+]1CCCCCCCCCCCC.[Cl-]. The van der Waals surface area contributed by atoms with Crippen molar-refractivity contribution in [2.75, 3.05) is 14.1 Å². The smallest absolute Gasteiger partial charge is 0.379 e. The van der Waals surface area contributed by atoms with Crippen LogP contribution in [-0.4, -0.2) is 35.9 Å². The van der Waals surface area contributed by atoms with Gasteiger partial charge in [0.25, 0.3) is 0 Å². The predicted molar refractivity (Wildman–Crippen MR) is 113 cm³/mol. The fraction of sp³-hybridized carbons (Fsp3) is 0.762. The quantitative estimate of drug-likeness (QED) is 0.240. The maximum absolute atomic E-state index is 12.5. The van der Waals surface area contributed by atoms with E-state index in [0.717, 1.165) is 21.1 Å². The highest BCUT2D eigenvalue weighted by Gasteiger charge is 2.33. The summed E-state index contributed by atoms with van der Waals surface area (Å²) in [6.45, 7) is 2.91. The standard InChI is InChI=1S/C21H38N3O3S.ClH/c1-5-7-8-9-10-11-12-13-14-15-17-23-18-19-24(28(26,27)22(3)4)21(23)20(25)16-6-2;/h2,18-20,25H,5,7-17H2,1,3-4H3;1H/q+1;/p-1. The van der Waals surface area contributed by atoms with Gasteiger partial charge >= 0.3 is 16.0 Å². The van der Waals surface area contributed by atoms with Crippen LogP contribution in [0.1, 0.15) is 89.5 Å². The highest BCUT2D eigenvalue weighted by Crippen LogP contribution is 2.17. The summed E-state index contributed by atoms with van der Waals surface area (Å²) in [5.41, 5.74) is 0. The van der Waals surface area contributed by atoms with Gasteiger partial charge in [-0.15, -0.1) is 16.3 Å². The molecule has 0 saturated carbocycles. The van der Waals surface area contributed by atoms with Crippen molar-refractivity contribution in [1.29, 1.82) is 0 Å². The monoisotopic (exact) mass is 447 g/mol. The molecule has 0 aromatic carbocycles. The van der Waals surface area contributed by atoms with E-state index in [1.54, 1.807) is 6.20 Å². The molecule has 0 bridgehead atoms. The van der Waals surface area contributed by atoms with E-state index >= 15 is 0 Å². The van der Waals surface area contributed by atoms with Crippen LogP contribution in [0.2, 0.25) is 0 Å². The molecule has 1 aromatic heterocycles. The number of hydrogen-bond donors (Lipinski definition) is 1. The van der Waals surface area contributed by atoms with Crippen LogP contribution in [0.25, 0.3) is 0 Å². The molecule has 29 heavy (non-hydrogen) atoms. The van der Waals surface area contributed by atoms with Gasteiger partial charge in [0, 0.05) is 20.5 Å². The van der Waals surface area contributed by atoms with Gasteiger partial charge in [-0.25, -0.2) is 4.57 Å². The van der Waals surface area contributed by atoms with Crippen LogP contribution in [0.15, 0.2) is 12.4 Å². The van der Waals surface area contributed by atoms with Gasteiger partial charge in [-0.05, 0) is 12.8 Å². The number of aliphatic hydroxyl groups is 1. The minimum Gasteiger partial charge on any atom is -1.00 e. The molecule has 1 N–H and O–H groups in total. The maximum atomic E-state index is 12.5. The van der Waals surface area contributed by atoms with E-state index in [0.29, 0.717) is 12.4 Å². The van der Waals surface area contributed by atoms with Crippen molar-refractivity contribution in [3.8, 4) is 12.3 Å². The zero-order chi connectivity index (χ0) is 21.0. The molecular weight excluding hydrogens is 410 g/mol. The van der Waals surface area contributed by atoms with E-state index in [-0.39, 0.29) is 18.8 Å². The fourth-order valence-corrected chi connectivity index (χ4v) is 4.31. The van der Waals surface area contributed by atoms with E-state index in [1.165, 1.54) is 71.7 Å². The second kappa shape index (κ2) is 14.8. The number of imidazole rings is 1. The number of unbranched alkanes of at least 4 members (excludes halogenated alkanes) is 9. The molecule has 0 aliphatic carbocycles. The Bertz CT molecular complexity index is 711. The van der Waals surface area contributed by atoms with Gasteiger partial charge in [0.1, 0.15) is 12.4 Å². The van der Waals surface area contributed by atoms with Crippen LogP contribution < -0.4 is 17.0 Å². The van der Waals surface area contributed by atoms with Crippen LogP contribution in [0, 0.1) is 12.3 Å². The molecule has 168 valence electrons. The Morgan fingerprint density at radius 1 is 1.10 bits per heavy atom. The summed E-state index contributed by atoms with van der Waals surface area (Å²) in [5.74, 6) is 2.74. The summed E-state index contributed by atoms with van der Waals surface area (Å²) in [5, 5.41) is 10.4. The summed E-state index contributed by atoms with van der Waals surface area (Å²) in [4.78, 5) is 0. The van der Waals surface area contributed by atoms with Crippen molar-refractivity contribution in [1.82, 2.24) is 8.28 Å². The number of nitrogens with zero attached hydrogens (tertiary/aromatic N) is 3. The highest BCUT2D eigenvalue weighted by atomic mass is 35.5. The predicted octanol–water partition coefficient (Wildman–Crippen LogP) is 0.412. The lowest BCUT2D eigenvalue weighted by Gasteiger charge is -2.12. The van der Waals surface area contributed by atoms with E-state index in [1.807, 2.05) is 4.57 Å². The molecule has 8 heteroatoms. The van der Waals surface area contributed by atoms with Crippen LogP contribution in [0.4, 0.5) is 0 Å². The van der Waals surface area contributed by atoms with Gasteiger partial charge < -0.3 is 17.5 Å². The normalized spacial score (nSPS) is 12.6. The van der Waals surface area contributed by atoms with E-state index < -0.39 is 16.3 Å². The molecule has 0 fully saturated rings. The van der Waals surface area contributed by atoms with Gasteiger partial charge in [-0.1, -0.05) is 58.3 Å². The lowest BCUT2D eigenvalue weighted by Crippen LogP contribution is -3.00. The van der Waals surface area contributed by atoms with Gasteiger partial charge in [0.15, 0.2) is 6.10 Å². The average molecular weight is 448 g/mol. The van der Waals surface area contributed by atoms with Crippen LogP contribution in [0.3, 0.4) is 0 Å². The van der Waals surface area contributed by atoms with Gasteiger partial charge in [0.2, 0.25) is 0 Å². The minimum absolute atomic E-state index is 0. The fourth-order valence-electron chi connectivity index (χ4n) is 3.29. The molecule has 1 aromatic rings. The molecular formula is C21H38ClN3O3S. The molecule has 1 atom stereocenters. The Hall–Kier alpha value is -1.07. The van der Waals surface area contributed by atoms with Crippen LogP contribution in [0.5, 0.6) is 0 Å². The first-order valence-corrected chi connectivity index (χ1v) is 11.9. The lowest BCUT2D eigenvalue weighted by molar-refractivity contribution is -0.707. The first-order chi connectivity index (χ1) is 13.4. The number of aryl methyl sites for hydroxylation is 1. The Labute approximate surface area is 183 Å². The lowest BCUT2D eigenvalue weighted by atomic mass is 10.1. The number of hydrogen-bond acceptors (Lipinski definition) is 3. The first-order valence-electron chi connectivity index (χ1n) is 10.5. The van der Waals surface area contributed by atoms with Crippen molar-refractivity contribution >= 4 is 10.2 Å². The third kappa shape index (κ3) is 9.08. The third-order valence-electron chi connectivity index (χ3n) is 4.97. The zero-order valence-electron chi connectivity index (χ0n) is 18.2. The molecule has 0 amide bonds. The Balaban J connectivity index is 0.00000784. The Morgan fingerprint density at radius 2 is 1.62 bits per heavy atom. The van der Waals surface area contributed by atoms with E-state index in [2.05, 4.69) is 12.8 Å². The van der Waals surface area contributed by atoms with Gasteiger partial charge in [-0.2, -0.15) is 12.7 Å². The number of aromatic nitrogens is 2. The van der Waals surface area contributed by atoms with E-state index in [4.69, 9.17) is 6.42 Å². The van der Waals surface area contributed by atoms with Gasteiger partial charge in [0.05, 0.1) is 6.54 Å². The molecule has 1 unspecified atom stereocenters. The van der Waals surface area contributed by atoms with Crippen LogP contribution >= 0.6 is 0 Å². The second-order valence-corrected chi connectivity index (χ2v) is 9.56. The molecule has 1 rings (SSSR count). The molecule has 6 nitrogen and oxygen atoms in total. The Morgan fingerprint density at radius 3 is 2.10 bits per heavy atom. The topological polar surface area (TPSA) is 66.4 Å². The maximum Gasteiger partial charge on any atom is 0.379 e. The van der Waals surface area contributed by atoms with Crippen molar-refractivity contribution in [2.24, 2.45) is 0 Å². The third-order valence-corrected chi connectivity index (χ3v) is 6.70. The minimum atomic E-state index is -3.70. The number of aliphatic hydroxyl groups excluding tert-OH is 1. The number of rotatable bonds is 15. The van der Waals surface area contributed by atoms with Crippen molar-refractivity contribution < 1.29 is 30.5 Å². The second-order valence-electron chi connectivity index (χ2n) is 7.54. The molecule has 0 radical (unpaired) electrons. The number of terminal acetylenes is 1. The summed E-state index contributed by atoms with van der Waals surface area (Å²) in [6.07, 6.45) is 20.0.